The summed E-state index contributed by atoms with van der Waals surface area (Å²) >= 11 is 0. The molecule has 2 atom stereocenters. The van der Waals surface area contributed by atoms with Crippen LogP contribution in [0.15, 0.2) is 30.3 Å². The van der Waals surface area contributed by atoms with Crippen molar-refractivity contribution in [2.45, 2.75) is 51.5 Å². The van der Waals surface area contributed by atoms with E-state index in [4.69, 9.17) is 0 Å². The van der Waals surface area contributed by atoms with Crippen molar-refractivity contribution in [3.05, 3.63) is 35.9 Å². The van der Waals surface area contributed by atoms with Crippen molar-refractivity contribution in [3.8, 4) is 0 Å². The molecular weight excluding hydrogens is 222 g/mol. The highest BCUT2D eigenvalue weighted by Gasteiger charge is 2.25. The van der Waals surface area contributed by atoms with Crippen molar-refractivity contribution in [1.29, 1.82) is 0 Å². The number of carbonyl (C=O) groups excluding carboxylic acids is 1. The first kappa shape index (κ1) is 13.1. The smallest absolute Gasteiger partial charge is 0.222 e. The Labute approximate surface area is 110 Å². The van der Waals surface area contributed by atoms with E-state index in [-0.39, 0.29) is 0 Å². The van der Waals surface area contributed by atoms with Gasteiger partial charge in [-0.25, -0.2) is 0 Å². The maximum Gasteiger partial charge on any atom is 0.222 e. The van der Waals surface area contributed by atoms with Gasteiger partial charge in [-0.1, -0.05) is 37.3 Å². The second kappa shape index (κ2) is 6.03. The molecule has 1 saturated heterocycles. The Morgan fingerprint density at radius 1 is 1.28 bits per heavy atom. The number of carbonyl (C=O) groups is 1. The number of rotatable bonds is 3. The lowest BCUT2D eigenvalue weighted by Crippen LogP contribution is -2.37. The SMILES string of the molecule is CCC(C)N1CCC(c2ccccc2)CCC1=O. The Bertz CT molecular complexity index is 387. The Balaban J connectivity index is 2.06. The Kier molecular flexibility index (Phi) is 4.40. The lowest BCUT2D eigenvalue weighted by Gasteiger charge is -2.27. The third kappa shape index (κ3) is 2.92. The van der Waals surface area contributed by atoms with Gasteiger partial charge in [0.05, 0.1) is 0 Å². The van der Waals surface area contributed by atoms with Gasteiger partial charge in [0.1, 0.15) is 0 Å². The molecule has 0 bridgehead atoms. The van der Waals surface area contributed by atoms with Crippen LogP contribution in [0.5, 0.6) is 0 Å². The molecule has 1 amide bonds. The van der Waals surface area contributed by atoms with Crippen LogP contribution in [-0.4, -0.2) is 23.4 Å². The molecule has 0 saturated carbocycles. The second-order valence-corrected chi connectivity index (χ2v) is 5.28. The number of likely N-dealkylation sites (tertiary alicyclic amines) is 1. The van der Waals surface area contributed by atoms with Gasteiger partial charge in [0, 0.05) is 19.0 Å². The van der Waals surface area contributed by atoms with Gasteiger partial charge in [-0.2, -0.15) is 0 Å². The predicted octanol–water partition coefficient (Wildman–Crippen LogP) is 3.58. The van der Waals surface area contributed by atoms with Gasteiger partial charge in [-0.3, -0.25) is 4.79 Å². The average Bonchev–Trinajstić information content (AvgIpc) is 2.61. The number of amides is 1. The minimum absolute atomic E-state index is 0.336. The molecule has 0 N–H and O–H groups in total. The third-order valence-electron chi connectivity index (χ3n) is 4.14. The summed E-state index contributed by atoms with van der Waals surface area (Å²) in [7, 11) is 0. The number of hydrogen-bond acceptors (Lipinski definition) is 1. The molecule has 1 fully saturated rings. The van der Waals surface area contributed by atoms with Crippen LogP contribution in [0.25, 0.3) is 0 Å². The third-order valence-corrected chi connectivity index (χ3v) is 4.14. The van der Waals surface area contributed by atoms with Crippen molar-refractivity contribution in [2.75, 3.05) is 6.54 Å². The quantitative estimate of drug-likeness (QED) is 0.797. The number of nitrogens with zero attached hydrogens (tertiary/aromatic N) is 1. The monoisotopic (exact) mass is 245 g/mol. The molecule has 98 valence electrons. The standard InChI is InChI=1S/C16H23NO/c1-3-13(2)17-12-11-15(9-10-16(17)18)14-7-5-4-6-8-14/h4-8,13,15H,3,9-12H2,1-2H3. The van der Waals surface area contributed by atoms with Crippen molar-refractivity contribution in [2.24, 2.45) is 0 Å². The first-order valence-corrected chi connectivity index (χ1v) is 7.06. The minimum atomic E-state index is 0.336. The zero-order chi connectivity index (χ0) is 13.0. The fraction of sp³-hybridized carbons (Fsp3) is 0.562. The Morgan fingerprint density at radius 3 is 2.67 bits per heavy atom. The molecule has 1 aromatic rings. The molecule has 0 aromatic heterocycles. The van der Waals surface area contributed by atoms with Crippen LogP contribution < -0.4 is 0 Å². The van der Waals surface area contributed by atoms with Crippen molar-refractivity contribution >= 4 is 5.91 Å². The normalized spacial score (nSPS) is 22.7. The maximum absolute atomic E-state index is 12.1. The summed E-state index contributed by atoms with van der Waals surface area (Å²) in [6, 6.07) is 11.0. The van der Waals surface area contributed by atoms with E-state index in [1.54, 1.807) is 0 Å². The molecule has 1 aliphatic heterocycles. The number of hydrogen-bond donors (Lipinski definition) is 0. The van der Waals surface area contributed by atoms with Crippen LogP contribution >= 0.6 is 0 Å². The van der Waals surface area contributed by atoms with E-state index in [0.29, 0.717) is 24.3 Å². The summed E-state index contributed by atoms with van der Waals surface area (Å²) in [5.74, 6) is 0.881. The molecular formula is C16H23NO. The van der Waals surface area contributed by atoms with Crippen LogP contribution in [0, 0.1) is 0 Å². The van der Waals surface area contributed by atoms with E-state index in [1.165, 1.54) is 5.56 Å². The van der Waals surface area contributed by atoms with Gasteiger partial charge in [-0.15, -0.1) is 0 Å². The molecule has 2 unspecified atom stereocenters. The lowest BCUT2D eigenvalue weighted by atomic mass is 9.92. The fourth-order valence-corrected chi connectivity index (χ4v) is 2.75. The van der Waals surface area contributed by atoms with Crippen LogP contribution in [0.1, 0.15) is 51.0 Å². The first-order chi connectivity index (χ1) is 8.72. The lowest BCUT2D eigenvalue weighted by molar-refractivity contribution is -0.132. The summed E-state index contributed by atoms with van der Waals surface area (Å²) in [5.41, 5.74) is 1.39. The Morgan fingerprint density at radius 2 is 2.00 bits per heavy atom. The zero-order valence-electron chi connectivity index (χ0n) is 11.4. The molecule has 2 rings (SSSR count). The summed E-state index contributed by atoms with van der Waals surface area (Å²) in [4.78, 5) is 14.2. The molecule has 1 heterocycles. The molecule has 0 spiro atoms. The zero-order valence-corrected chi connectivity index (χ0v) is 11.4. The van der Waals surface area contributed by atoms with Crippen LogP contribution in [0.2, 0.25) is 0 Å². The van der Waals surface area contributed by atoms with Gasteiger partial charge < -0.3 is 4.90 Å². The summed E-state index contributed by atoms with van der Waals surface area (Å²) in [6.45, 7) is 5.21. The fourth-order valence-electron chi connectivity index (χ4n) is 2.75. The highest BCUT2D eigenvalue weighted by Crippen LogP contribution is 2.29. The average molecular weight is 245 g/mol. The predicted molar refractivity (Wildman–Crippen MR) is 74.5 cm³/mol. The van der Waals surface area contributed by atoms with E-state index in [2.05, 4.69) is 49.1 Å². The summed E-state index contributed by atoms with van der Waals surface area (Å²) < 4.78 is 0. The highest BCUT2D eigenvalue weighted by atomic mass is 16.2. The van der Waals surface area contributed by atoms with Gasteiger partial charge >= 0.3 is 0 Å². The molecule has 1 aliphatic rings. The van der Waals surface area contributed by atoms with Gasteiger partial charge in [0.2, 0.25) is 5.91 Å². The van der Waals surface area contributed by atoms with Gasteiger partial charge in [-0.05, 0) is 37.7 Å². The summed E-state index contributed by atoms with van der Waals surface area (Å²) in [5, 5.41) is 0. The molecule has 2 nitrogen and oxygen atoms in total. The topological polar surface area (TPSA) is 20.3 Å². The van der Waals surface area contributed by atoms with Crippen molar-refractivity contribution < 1.29 is 4.79 Å². The maximum atomic E-state index is 12.1. The van der Waals surface area contributed by atoms with Crippen molar-refractivity contribution in [1.82, 2.24) is 4.90 Å². The Hall–Kier alpha value is -1.31. The van der Waals surface area contributed by atoms with E-state index >= 15 is 0 Å². The van der Waals surface area contributed by atoms with Crippen LogP contribution in [-0.2, 0) is 4.79 Å². The second-order valence-electron chi connectivity index (χ2n) is 5.28. The van der Waals surface area contributed by atoms with E-state index in [1.807, 2.05) is 0 Å². The van der Waals surface area contributed by atoms with E-state index in [0.717, 1.165) is 25.8 Å². The molecule has 18 heavy (non-hydrogen) atoms. The minimum Gasteiger partial charge on any atom is -0.340 e. The molecule has 1 aromatic carbocycles. The molecule has 0 aliphatic carbocycles. The van der Waals surface area contributed by atoms with Crippen LogP contribution in [0.4, 0.5) is 0 Å². The largest absolute Gasteiger partial charge is 0.340 e. The van der Waals surface area contributed by atoms with E-state index in [9.17, 15) is 4.79 Å². The number of benzene rings is 1. The molecule has 0 radical (unpaired) electrons. The van der Waals surface area contributed by atoms with E-state index < -0.39 is 0 Å². The highest BCUT2D eigenvalue weighted by molar-refractivity contribution is 5.76. The van der Waals surface area contributed by atoms with Gasteiger partial charge in [0.15, 0.2) is 0 Å². The van der Waals surface area contributed by atoms with Crippen LogP contribution in [0.3, 0.4) is 0 Å². The van der Waals surface area contributed by atoms with Gasteiger partial charge in [0.25, 0.3) is 0 Å². The summed E-state index contributed by atoms with van der Waals surface area (Å²) in [6.07, 6.45) is 3.83. The first-order valence-electron chi connectivity index (χ1n) is 7.06. The molecule has 2 heteroatoms. The van der Waals surface area contributed by atoms with Crippen molar-refractivity contribution in [3.63, 3.8) is 0 Å².